The number of aryl methyl sites for hydroxylation is 1. The van der Waals surface area contributed by atoms with Crippen molar-refractivity contribution in [3.63, 3.8) is 0 Å². The number of nitrogens with two attached hydrogens (primary N) is 1. The summed E-state index contributed by atoms with van der Waals surface area (Å²) in [6, 6.07) is 18.1. The van der Waals surface area contributed by atoms with Gasteiger partial charge in [-0.15, -0.1) is 0 Å². The number of hydrogen-bond acceptors (Lipinski definition) is 3. The van der Waals surface area contributed by atoms with Gasteiger partial charge in [0, 0.05) is 17.3 Å². The van der Waals surface area contributed by atoms with Gasteiger partial charge in [0.1, 0.15) is 5.75 Å². The van der Waals surface area contributed by atoms with Gasteiger partial charge < -0.3 is 10.5 Å². The number of fused-ring (bicyclic) bond motifs is 1. The predicted octanol–water partition coefficient (Wildman–Crippen LogP) is 3.83. The van der Waals surface area contributed by atoms with E-state index in [9.17, 15) is 0 Å². The van der Waals surface area contributed by atoms with E-state index in [1.165, 1.54) is 5.56 Å². The molecule has 0 unspecified atom stereocenters. The molecule has 0 spiro atoms. The Labute approximate surface area is 124 Å². The maximum Gasteiger partial charge on any atom is 0.130 e. The van der Waals surface area contributed by atoms with E-state index < -0.39 is 0 Å². The molecule has 0 atom stereocenters. The van der Waals surface area contributed by atoms with Crippen LogP contribution in [0.1, 0.15) is 12.0 Å². The highest BCUT2D eigenvalue weighted by Gasteiger charge is 2.03. The van der Waals surface area contributed by atoms with Gasteiger partial charge in [0.25, 0.3) is 0 Å². The first-order chi connectivity index (χ1) is 10.3. The summed E-state index contributed by atoms with van der Waals surface area (Å²) >= 11 is 0. The lowest BCUT2D eigenvalue weighted by Gasteiger charge is -2.09. The first-order valence-electron chi connectivity index (χ1n) is 7.14. The van der Waals surface area contributed by atoms with Crippen LogP contribution in [0.2, 0.25) is 0 Å². The van der Waals surface area contributed by atoms with Crippen LogP contribution in [0.5, 0.6) is 5.75 Å². The Balaban J connectivity index is 1.63. The maximum atomic E-state index is 5.90. The monoisotopic (exact) mass is 278 g/mol. The maximum absolute atomic E-state index is 5.90. The first-order valence-corrected chi connectivity index (χ1v) is 7.14. The zero-order valence-electron chi connectivity index (χ0n) is 11.8. The van der Waals surface area contributed by atoms with Gasteiger partial charge >= 0.3 is 0 Å². The van der Waals surface area contributed by atoms with Crippen molar-refractivity contribution in [3.8, 4) is 5.75 Å². The Morgan fingerprint density at radius 3 is 2.71 bits per heavy atom. The molecule has 0 aliphatic rings. The van der Waals surface area contributed by atoms with Crippen LogP contribution in [-0.2, 0) is 6.42 Å². The number of benzene rings is 2. The zero-order valence-corrected chi connectivity index (χ0v) is 11.8. The average molecular weight is 278 g/mol. The molecule has 3 nitrogen and oxygen atoms in total. The number of nitrogen functional groups attached to an aromatic ring is 1. The Morgan fingerprint density at radius 1 is 1.00 bits per heavy atom. The van der Waals surface area contributed by atoms with Crippen molar-refractivity contribution in [2.45, 2.75) is 12.8 Å². The number of hydrogen-bond donors (Lipinski definition) is 1. The largest absolute Gasteiger partial charge is 0.493 e. The molecule has 0 aliphatic heterocycles. The zero-order chi connectivity index (χ0) is 14.5. The lowest BCUT2D eigenvalue weighted by Crippen LogP contribution is -2.00. The normalized spacial score (nSPS) is 10.7. The molecule has 0 amide bonds. The van der Waals surface area contributed by atoms with Crippen LogP contribution in [0, 0.1) is 0 Å². The van der Waals surface area contributed by atoms with Crippen LogP contribution in [0.15, 0.2) is 60.8 Å². The van der Waals surface area contributed by atoms with Gasteiger partial charge in [-0.2, -0.15) is 0 Å². The molecule has 21 heavy (non-hydrogen) atoms. The highest BCUT2D eigenvalue weighted by Crippen LogP contribution is 2.25. The van der Waals surface area contributed by atoms with Crippen molar-refractivity contribution < 1.29 is 4.74 Å². The minimum atomic E-state index is 0.693. The molecule has 0 bridgehead atoms. The Kier molecular flexibility index (Phi) is 4.01. The van der Waals surface area contributed by atoms with E-state index in [-0.39, 0.29) is 0 Å². The number of rotatable bonds is 5. The minimum absolute atomic E-state index is 0.693. The van der Waals surface area contributed by atoms with Crippen LogP contribution in [0.3, 0.4) is 0 Å². The third-order valence-electron chi connectivity index (χ3n) is 3.44. The van der Waals surface area contributed by atoms with Crippen LogP contribution < -0.4 is 10.5 Å². The van der Waals surface area contributed by atoms with E-state index in [1.807, 2.05) is 30.3 Å². The molecule has 0 fully saturated rings. The van der Waals surface area contributed by atoms with Crippen molar-refractivity contribution in [1.82, 2.24) is 4.98 Å². The summed E-state index contributed by atoms with van der Waals surface area (Å²) in [5.74, 6) is 0.869. The minimum Gasteiger partial charge on any atom is -0.493 e. The molecule has 3 heteroatoms. The standard InChI is InChI=1S/C18H18N2O/c19-15-8-9-16-17(13-15)20-11-10-18(16)21-12-4-7-14-5-2-1-3-6-14/h1-3,5-6,8-11,13H,4,7,12,19H2. The summed E-state index contributed by atoms with van der Waals surface area (Å²) in [6.07, 6.45) is 3.77. The van der Waals surface area contributed by atoms with Gasteiger partial charge in [0.05, 0.1) is 12.1 Å². The van der Waals surface area contributed by atoms with Crippen LogP contribution in [0.4, 0.5) is 5.69 Å². The van der Waals surface area contributed by atoms with Gasteiger partial charge in [-0.3, -0.25) is 4.98 Å². The van der Waals surface area contributed by atoms with Crippen molar-refractivity contribution in [1.29, 1.82) is 0 Å². The summed E-state index contributed by atoms with van der Waals surface area (Å²) < 4.78 is 5.90. The van der Waals surface area contributed by atoms with Crippen molar-refractivity contribution in [2.75, 3.05) is 12.3 Å². The quantitative estimate of drug-likeness (QED) is 0.570. The molecule has 0 saturated heterocycles. The van der Waals surface area contributed by atoms with Crippen LogP contribution in [0.25, 0.3) is 10.9 Å². The Morgan fingerprint density at radius 2 is 1.86 bits per heavy atom. The summed E-state index contributed by atoms with van der Waals surface area (Å²) in [5.41, 5.74) is 8.71. The molecule has 2 N–H and O–H groups in total. The smallest absolute Gasteiger partial charge is 0.130 e. The highest BCUT2D eigenvalue weighted by molar-refractivity contribution is 5.87. The number of pyridine rings is 1. The van der Waals surface area contributed by atoms with E-state index in [0.717, 1.165) is 35.2 Å². The average Bonchev–Trinajstić information content (AvgIpc) is 2.52. The molecule has 106 valence electrons. The molecule has 1 heterocycles. The molecule has 0 saturated carbocycles. The number of ether oxygens (including phenoxy) is 1. The van der Waals surface area contributed by atoms with Crippen LogP contribution >= 0.6 is 0 Å². The molecule has 3 aromatic rings. The third-order valence-corrected chi connectivity index (χ3v) is 3.44. The van der Waals surface area contributed by atoms with Gasteiger partial charge in [-0.25, -0.2) is 0 Å². The SMILES string of the molecule is Nc1ccc2c(OCCCc3ccccc3)ccnc2c1. The topological polar surface area (TPSA) is 48.1 Å². The number of aromatic nitrogens is 1. The summed E-state index contributed by atoms with van der Waals surface area (Å²) in [7, 11) is 0. The van der Waals surface area contributed by atoms with Gasteiger partial charge in [0.2, 0.25) is 0 Å². The lowest BCUT2D eigenvalue weighted by molar-refractivity contribution is 0.314. The van der Waals surface area contributed by atoms with E-state index in [2.05, 4.69) is 29.2 Å². The van der Waals surface area contributed by atoms with Gasteiger partial charge in [-0.05, 0) is 42.7 Å². The molecule has 3 rings (SSSR count). The van der Waals surface area contributed by atoms with Gasteiger partial charge in [-0.1, -0.05) is 30.3 Å². The summed E-state index contributed by atoms with van der Waals surface area (Å²) in [5, 5.41) is 1.01. The van der Waals surface area contributed by atoms with E-state index in [0.29, 0.717) is 6.61 Å². The van der Waals surface area contributed by atoms with Crippen molar-refractivity contribution in [2.24, 2.45) is 0 Å². The highest BCUT2D eigenvalue weighted by atomic mass is 16.5. The third kappa shape index (κ3) is 3.31. The molecule has 1 aromatic heterocycles. The number of anilines is 1. The molecule has 0 aliphatic carbocycles. The van der Waals surface area contributed by atoms with Crippen LogP contribution in [-0.4, -0.2) is 11.6 Å². The summed E-state index contributed by atoms with van der Waals surface area (Å²) in [6.45, 7) is 0.693. The fourth-order valence-corrected chi connectivity index (χ4v) is 2.37. The first kappa shape index (κ1) is 13.4. The second-order valence-electron chi connectivity index (χ2n) is 5.02. The molecule has 0 radical (unpaired) electrons. The molecular weight excluding hydrogens is 260 g/mol. The van der Waals surface area contributed by atoms with E-state index >= 15 is 0 Å². The molecule has 2 aromatic carbocycles. The Bertz CT molecular complexity index is 726. The fraction of sp³-hybridized carbons (Fsp3) is 0.167. The lowest BCUT2D eigenvalue weighted by atomic mass is 10.1. The Hall–Kier alpha value is -2.55. The number of nitrogens with zero attached hydrogens (tertiary/aromatic N) is 1. The van der Waals surface area contributed by atoms with Crippen molar-refractivity contribution in [3.05, 3.63) is 66.4 Å². The summed E-state index contributed by atoms with van der Waals surface area (Å²) in [4.78, 5) is 4.32. The van der Waals surface area contributed by atoms with Gasteiger partial charge in [0.15, 0.2) is 0 Å². The van der Waals surface area contributed by atoms with E-state index in [1.54, 1.807) is 6.20 Å². The second kappa shape index (κ2) is 6.27. The predicted molar refractivity (Wildman–Crippen MR) is 86.4 cm³/mol. The van der Waals surface area contributed by atoms with E-state index in [4.69, 9.17) is 10.5 Å². The van der Waals surface area contributed by atoms with Crippen molar-refractivity contribution >= 4 is 16.6 Å². The second-order valence-corrected chi connectivity index (χ2v) is 5.02. The molecular formula is C18H18N2O. The fourth-order valence-electron chi connectivity index (χ4n) is 2.37.